The average Bonchev–Trinajstić information content (AvgIpc) is 2.59. The molecule has 2 rings (SSSR count). The normalized spacial score (nSPS) is 11.4. The van der Waals surface area contributed by atoms with E-state index in [0.29, 0.717) is 11.3 Å². The molecule has 0 heterocycles. The number of hydrogen-bond donors (Lipinski definition) is 0. The van der Waals surface area contributed by atoms with Crippen LogP contribution in [0.25, 0.3) is 0 Å². The second-order valence-corrected chi connectivity index (χ2v) is 6.93. The Labute approximate surface area is 143 Å². The van der Waals surface area contributed by atoms with Crippen LogP contribution in [0.1, 0.15) is 11.1 Å². The summed E-state index contributed by atoms with van der Waals surface area (Å²) in [5.74, 6) is 2.53. The molecular weight excluding hydrogens is 322 g/mol. The van der Waals surface area contributed by atoms with E-state index in [1.165, 1.54) is 10.5 Å². The molecule has 0 radical (unpaired) electrons. The summed E-state index contributed by atoms with van der Waals surface area (Å²) in [7, 11) is -2.25. The number of aryl methyl sites for hydroxylation is 1. The van der Waals surface area contributed by atoms with E-state index in [-0.39, 0.29) is 11.5 Å². The maximum Gasteiger partial charge on any atom is 0.268 e. The van der Waals surface area contributed by atoms with E-state index < -0.39 is 10.0 Å². The van der Waals surface area contributed by atoms with Crippen molar-refractivity contribution in [1.82, 2.24) is 0 Å². The Kier molecular flexibility index (Phi) is 5.80. The SMILES string of the molecule is C#Cc1ccccc1N(/C=C/COC)S(=O)(=O)c1ccc(C)cc1. The highest BCUT2D eigenvalue weighted by Crippen LogP contribution is 2.27. The Hall–Kier alpha value is -2.55. The van der Waals surface area contributed by atoms with Crippen molar-refractivity contribution in [3.8, 4) is 12.3 Å². The van der Waals surface area contributed by atoms with Crippen LogP contribution in [-0.4, -0.2) is 22.1 Å². The molecule has 0 fully saturated rings. The number of benzene rings is 2. The van der Waals surface area contributed by atoms with Gasteiger partial charge >= 0.3 is 0 Å². The molecule has 0 aliphatic heterocycles. The van der Waals surface area contributed by atoms with Crippen LogP contribution in [0.15, 0.2) is 65.7 Å². The molecule has 0 atom stereocenters. The predicted molar refractivity (Wildman–Crippen MR) is 96.2 cm³/mol. The van der Waals surface area contributed by atoms with E-state index in [9.17, 15) is 8.42 Å². The third-order valence-corrected chi connectivity index (χ3v) is 5.08. The standard InChI is InChI=1S/C19H19NO3S/c1-4-17-8-5-6-9-19(17)20(14-7-15-23-3)24(21,22)18-12-10-16(2)11-13-18/h1,5-14H,15H2,2-3H3/b14-7+. The third kappa shape index (κ3) is 3.85. The number of para-hydroxylation sites is 1. The fourth-order valence-electron chi connectivity index (χ4n) is 2.14. The van der Waals surface area contributed by atoms with Gasteiger partial charge in [0.25, 0.3) is 10.0 Å². The summed E-state index contributed by atoms with van der Waals surface area (Å²) in [6, 6.07) is 13.6. The van der Waals surface area contributed by atoms with Gasteiger partial charge in [-0.05, 0) is 37.3 Å². The lowest BCUT2D eigenvalue weighted by molar-refractivity contribution is 0.233. The summed E-state index contributed by atoms with van der Waals surface area (Å²) < 4.78 is 32.3. The van der Waals surface area contributed by atoms with Crippen LogP contribution >= 0.6 is 0 Å². The molecule has 0 saturated carbocycles. The van der Waals surface area contributed by atoms with Gasteiger partial charge in [0.05, 0.1) is 17.2 Å². The minimum Gasteiger partial charge on any atom is -0.381 e. The van der Waals surface area contributed by atoms with Crippen molar-refractivity contribution >= 4 is 15.7 Å². The first kappa shape index (κ1) is 17.8. The molecule has 0 aliphatic carbocycles. The van der Waals surface area contributed by atoms with Crippen LogP contribution in [0.3, 0.4) is 0 Å². The Bertz CT molecular complexity index is 862. The molecule has 0 amide bonds. The summed E-state index contributed by atoms with van der Waals surface area (Å²) in [5, 5.41) is 0. The zero-order valence-corrected chi connectivity index (χ0v) is 14.5. The van der Waals surface area contributed by atoms with Gasteiger partial charge in [-0.3, -0.25) is 0 Å². The molecule has 5 heteroatoms. The Morgan fingerprint density at radius 1 is 1.17 bits per heavy atom. The van der Waals surface area contributed by atoms with Crippen molar-refractivity contribution in [2.75, 3.05) is 18.0 Å². The fraction of sp³-hybridized carbons (Fsp3) is 0.158. The van der Waals surface area contributed by atoms with E-state index in [0.717, 1.165) is 5.56 Å². The van der Waals surface area contributed by atoms with Gasteiger partial charge in [0, 0.05) is 18.9 Å². The zero-order valence-electron chi connectivity index (χ0n) is 13.6. The van der Waals surface area contributed by atoms with Crippen LogP contribution in [0.2, 0.25) is 0 Å². The molecule has 0 aliphatic rings. The quantitative estimate of drug-likeness (QED) is 0.757. The lowest BCUT2D eigenvalue weighted by Gasteiger charge is -2.22. The third-order valence-electron chi connectivity index (χ3n) is 3.38. The summed E-state index contributed by atoms with van der Waals surface area (Å²) in [4.78, 5) is 0.196. The number of ether oxygens (including phenoxy) is 1. The van der Waals surface area contributed by atoms with E-state index in [1.807, 2.05) is 6.92 Å². The van der Waals surface area contributed by atoms with Gasteiger partial charge in [-0.1, -0.05) is 35.7 Å². The molecule has 0 saturated heterocycles. The smallest absolute Gasteiger partial charge is 0.268 e. The van der Waals surface area contributed by atoms with E-state index in [4.69, 9.17) is 11.2 Å². The zero-order chi connectivity index (χ0) is 17.6. The Morgan fingerprint density at radius 2 is 1.83 bits per heavy atom. The van der Waals surface area contributed by atoms with Gasteiger partial charge < -0.3 is 4.74 Å². The molecule has 0 spiro atoms. The monoisotopic (exact) mass is 341 g/mol. The second-order valence-electron chi connectivity index (χ2n) is 5.12. The summed E-state index contributed by atoms with van der Waals surface area (Å²) in [6.45, 7) is 2.19. The lowest BCUT2D eigenvalue weighted by atomic mass is 10.2. The first-order chi connectivity index (χ1) is 11.5. The van der Waals surface area contributed by atoms with Crippen LogP contribution in [0.4, 0.5) is 5.69 Å². The van der Waals surface area contributed by atoms with Crippen LogP contribution in [0.5, 0.6) is 0 Å². The maximum absolute atomic E-state index is 13.1. The molecule has 2 aromatic rings. The topological polar surface area (TPSA) is 46.6 Å². The lowest BCUT2D eigenvalue weighted by Crippen LogP contribution is -2.26. The minimum absolute atomic E-state index is 0.196. The highest BCUT2D eigenvalue weighted by atomic mass is 32.2. The van der Waals surface area contributed by atoms with Crippen molar-refractivity contribution in [1.29, 1.82) is 0 Å². The second kappa shape index (κ2) is 7.82. The number of methoxy groups -OCH3 is 1. The summed E-state index contributed by atoms with van der Waals surface area (Å²) >= 11 is 0. The number of nitrogens with zero attached hydrogens (tertiary/aromatic N) is 1. The van der Waals surface area contributed by atoms with Crippen LogP contribution in [-0.2, 0) is 14.8 Å². The minimum atomic E-state index is -3.79. The largest absolute Gasteiger partial charge is 0.381 e. The summed E-state index contributed by atoms with van der Waals surface area (Å²) in [6.07, 6.45) is 8.62. The van der Waals surface area contributed by atoms with Crippen molar-refractivity contribution < 1.29 is 13.2 Å². The predicted octanol–water partition coefficient (Wildman–Crippen LogP) is 3.33. The van der Waals surface area contributed by atoms with Crippen LogP contribution in [0, 0.1) is 19.3 Å². The molecule has 0 N–H and O–H groups in total. The van der Waals surface area contributed by atoms with Crippen molar-refractivity contribution in [3.05, 3.63) is 71.9 Å². The molecule has 4 nitrogen and oxygen atoms in total. The van der Waals surface area contributed by atoms with Gasteiger partial charge in [0.15, 0.2) is 0 Å². The van der Waals surface area contributed by atoms with E-state index >= 15 is 0 Å². The maximum atomic E-state index is 13.1. The molecular formula is C19H19NO3S. The first-order valence-corrected chi connectivity index (χ1v) is 8.77. The van der Waals surface area contributed by atoms with Crippen molar-refractivity contribution in [2.45, 2.75) is 11.8 Å². The highest BCUT2D eigenvalue weighted by Gasteiger charge is 2.24. The molecule has 0 bridgehead atoms. The number of rotatable bonds is 6. The summed E-state index contributed by atoms with van der Waals surface area (Å²) in [5.41, 5.74) is 1.91. The molecule has 2 aromatic carbocycles. The van der Waals surface area contributed by atoms with E-state index in [1.54, 1.807) is 61.7 Å². The van der Waals surface area contributed by atoms with Crippen LogP contribution < -0.4 is 4.31 Å². The fourth-order valence-corrected chi connectivity index (χ4v) is 3.51. The number of hydrogen-bond acceptors (Lipinski definition) is 3. The van der Waals surface area contributed by atoms with Gasteiger partial charge in [0.1, 0.15) is 0 Å². The van der Waals surface area contributed by atoms with Gasteiger partial charge in [-0.2, -0.15) is 0 Å². The highest BCUT2D eigenvalue weighted by molar-refractivity contribution is 7.93. The number of terminal acetylenes is 1. The van der Waals surface area contributed by atoms with Gasteiger partial charge in [-0.15, -0.1) is 6.42 Å². The first-order valence-electron chi connectivity index (χ1n) is 7.33. The molecule has 0 aromatic heterocycles. The van der Waals surface area contributed by atoms with Crippen molar-refractivity contribution in [2.24, 2.45) is 0 Å². The van der Waals surface area contributed by atoms with Gasteiger partial charge in [-0.25, -0.2) is 12.7 Å². The number of anilines is 1. The Morgan fingerprint density at radius 3 is 2.46 bits per heavy atom. The van der Waals surface area contributed by atoms with E-state index in [2.05, 4.69) is 5.92 Å². The van der Waals surface area contributed by atoms with Crippen molar-refractivity contribution in [3.63, 3.8) is 0 Å². The Balaban J connectivity index is 2.58. The molecule has 124 valence electrons. The molecule has 0 unspecified atom stereocenters. The number of sulfonamides is 1. The van der Waals surface area contributed by atoms with Gasteiger partial charge in [0.2, 0.25) is 0 Å². The molecule has 24 heavy (non-hydrogen) atoms. The average molecular weight is 341 g/mol.